The molecule has 1 atom stereocenters. The fourth-order valence-electron chi connectivity index (χ4n) is 0.764. The number of H-pyrrole nitrogens is 1. The van der Waals surface area contributed by atoms with Gasteiger partial charge in [0.25, 0.3) is 0 Å². The predicted molar refractivity (Wildman–Crippen MR) is 41.0 cm³/mol. The van der Waals surface area contributed by atoms with E-state index in [9.17, 15) is 4.79 Å². The van der Waals surface area contributed by atoms with Crippen molar-refractivity contribution in [2.75, 3.05) is 7.11 Å². The zero-order valence-corrected chi connectivity index (χ0v) is 6.87. The Morgan fingerprint density at radius 2 is 2.50 bits per heavy atom. The van der Waals surface area contributed by atoms with E-state index in [1.807, 2.05) is 0 Å². The van der Waals surface area contributed by atoms with Gasteiger partial charge >= 0.3 is 5.97 Å². The van der Waals surface area contributed by atoms with Crippen LogP contribution in [0, 0.1) is 0 Å². The first-order valence-electron chi connectivity index (χ1n) is 3.46. The van der Waals surface area contributed by atoms with Gasteiger partial charge in [-0.2, -0.15) is 0 Å². The van der Waals surface area contributed by atoms with Crippen LogP contribution < -0.4 is 0 Å². The number of nitrogens with zero attached hydrogens (tertiary/aromatic N) is 1. The van der Waals surface area contributed by atoms with E-state index in [1.54, 1.807) is 6.92 Å². The van der Waals surface area contributed by atoms with Crippen LogP contribution in [-0.4, -0.2) is 28.2 Å². The van der Waals surface area contributed by atoms with Crippen molar-refractivity contribution in [1.82, 2.24) is 9.97 Å². The molecular formula is C7H10N2O3. The van der Waals surface area contributed by atoms with Gasteiger partial charge in [-0.3, -0.25) is 0 Å². The minimum Gasteiger partial charge on any atom is -0.477 e. The zero-order valence-electron chi connectivity index (χ0n) is 6.87. The molecule has 1 aromatic heterocycles. The summed E-state index contributed by atoms with van der Waals surface area (Å²) in [5.41, 5.74) is 0.0777. The molecule has 0 fully saturated rings. The minimum absolute atomic E-state index is 0.0777. The lowest BCUT2D eigenvalue weighted by atomic mass is 10.4. The number of imidazole rings is 1. The van der Waals surface area contributed by atoms with Gasteiger partial charge < -0.3 is 14.8 Å². The molecule has 0 spiro atoms. The molecule has 0 aliphatic heterocycles. The Morgan fingerprint density at radius 1 is 1.83 bits per heavy atom. The van der Waals surface area contributed by atoms with E-state index in [4.69, 9.17) is 9.84 Å². The number of carboxylic acids is 1. The van der Waals surface area contributed by atoms with E-state index in [0.29, 0.717) is 5.82 Å². The number of hydrogen-bond donors (Lipinski definition) is 2. The van der Waals surface area contributed by atoms with Crippen molar-refractivity contribution >= 4 is 5.97 Å². The molecule has 12 heavy (non-hydrogen) atoms. The van der Waals surface area contributed by atoms with E-state index in [1.165, 1.54) is 13.3 Å². The van der Waals surface area contributed by atoms with Gasteiger partial charge in [0.1, 0.15) is 17.6 Å². The summed E-state index contributed by atoms with van der Waals surface area (Å²) in [5, 5.41) is 8.54. The number of carbonyl (C=O) groups is 1. The molecule has 1 heterocycles. The maximum atomic E-state index is 10.4. The number of aromatic nitrogens is 2. The number of nitrogens with one attached hydrogen (secondary N) is 1. The smallest absolute Gasteiger partial charge is 0.353 e. The fraction of sp³-hybridized carbons (Fsp3) is 0.429. The Labute approximate surface area is 69.4 Å². The van der Waals surface area contributed by atoms with E-state index < -0.39 is 5.97 Å². The second-order valence-corrected chi connectivity index (χ2v) is 2.37. The first-order chi connectivity index (χ1) is 5.65. The van der Waals surface area contributed by atoms with Crippen LogP contribution >= 0.6 is 0 Å². The SMILES string of the molecule is COC(C)c1ncc(C(=O)O)[nH]1. The number of rotatable bonds is 3. The average Bonchev–Trinajstić information content (AvgIpc) is 2.51. The molecule has 1 aromatic rings. The van der Waals surface area contributed by atoms with E-state index >= 15 is 0 Å². The number of methoxy groups -OCH3 is 1. The molecule has 2 N–H and O–H groups in total. The lowest BCUT2D eigenvalue weighted by Gasteiger charge is -2.03. The number of hydrogen-bond acceptors (Lipinski definition) is 3. The van der Waals surface area contributed by atoms with Gasteiger partial charge in [-0.1, -0.05) is 0 Å². The molecule has 0 aliphatic carbocycles. The van der Waals surface area contributed by atoms with Gasteiger partial charge in [-0.05, 0) is 6.92 Å². The van der Waals surface area contributed by atoms with Crippen LogP contribution in [0.3, 0.4) is 0 Å². The second-order valence-electron chi connectivity index (χ2n) is 2.37. The van der Waals surface area contributed by atoms with Gasteiger partial charge in [0.2, 0.25) is 0 Å². The van der Waals surface area contributed by atoms with Crippen molar-refractivity contribution in [3.8, 4) is 0 Å². The molecule has 1 rings (SSSR count). The Bertz CT molecular complexity index is 282. The maximum Gasteiger partial charge on any atom is 0.353 e. The molecule has 0 aliphatic rings. The summed E-state index contributed by atoms with van der Waals surface area (Å²) >= 11 is 0. The van der Waals surface area contributed by atoms with E-state index in [-0.39, 0.29) is 11.8 Å². The second kappa shape index (κ2) is 3.36. The van der Waals surface area contributed by atoms with Crippen molar-refractivity contribution < 1.29 is 14.6 Å². The van der Waals surface area contributed by atoms with E-state index in [2.05, 4.69) is 9.97 Å². The van der Waals surface area contributed by atoms with Crippen molar-refractivity contribution in [2.24, 2.45) is 0 Å². The topological polar surface area (TPSA) is 75.2 Å². The zero-order chi connectivity index (χ0) is 9.14. The summed E-state index contributed by atoms with van der Waals surface area (Å²) < 4.78 is 4.94. The van der Waals surface area contributed by atoms with Crippen LogP contribution in [0.25, 0.3) is 0 Å². The first-order valence-corrected chi connectivity index (χ1v) is 3.46. The standard InChI is InChI=1S/C7H10N2O3/c1-4(12-2)6-8-3-5(9-6)7(10)11/h3-4H,1-2H3,(H,8,9)(H,10,11). The summed E-state index contributed by atoms with van der Waals surface area (Å²) in [7, 11) is 1.54. The largest absolute Gasteiger partial charge is 0.477 e. The van der Waals surface area contributed by atoms with Crippen LogP contribution in [0.1, 0.15) is 29.3 Å². The maximum absolute atomic E-state index is 10.4. The third kappa shape index (κ3) is 1.62. The Balaban J connectivity index is 2.84. The van der Waals surface area contributed by atoms with Crippen LogP contribution in [0.5, 0.6) is 0 Å². The fourth-order valence-corrected chi connectivity index (χ4v) is 0.764. The highest BCUT2D eigenvalue weighted by molar-refractivity contribution is 5.84. The summed E-state index contributed by atoms with van der Waals surface area (Å²) in [6.45, 7) is 1.78. The van der Waals surface area contributed by atoms with Crippen molar-refractivity contribution in [3.05, 3.63) is 17.7 Å². The summed E-state index contributed by atoms with van der Waals surface area (Å²) in [5.74, 6) is -0.494. The lowest BCUT2D eigenvalue weighted by Crippen LogP contribution is -2.00. The molecule has 0 saturated heterocycles. The number of aromatic carboxylic acids is 1. The highest BCUT2D eigenvalue weighted by atomic mass is 16.5. The first kappa shape index (κ1) is 8.73. The molecule has 5 nitrogen and oxygen atoms in total. The quantitative estimate of drug-likeness (QED) is 0.704. The molecule has 0 aromatic carbocycles. The Kier molecular flexibility index (Phi) is 2.44. The Hall–Kier alpha value is -1.36. The van der Waals surface area contributed by atoms with Gasteiger partial charge in [0.15, 0.2) is 0 Å². The molecule has 66 valence electrons. The van der Waals surface area contributed by atoms with Gasteiger partial charge in [0.05, 0.1) is 6.20 Å². The number of carboxylic acid groups (broad SMARTS) is 1. The lowest BCUT2D eigenvalue weighted by molar-refractivity contribution is 0.0690. The minimum atomic E-state index is -1.02. The van der Waals surface area contributed by atoms with Crippen molar-refractivity contribution in [2.45, 2.75) is 13.0 Å². The van der Waals surface area contributed by atoms with Gasteiger partial charge in [-0.15, -0.1) is 0 Å². The van der Waals surface area contributed by atoms with Gasteiger partial charge in [0, 0.05) is 7.11 Å². The van der Waals surface area contributed by atoms with Crippen LogP contribution in [-0.2, 0) is 4.74 Å². The van der Waals surface area contributed by atoms with Gasteiger partial charge in [-0.25, -0.2) is 9.78 Å². The predicted octanol–water partition coefficient (Wildman–Crippen LogP) is 0.815. The summed E-state index contributed by atoms with van der Waals surface area (Å²) in [6, 6.07) is 0. The molecule has 0 saturated carbocycles. The monoisotopic (exact) mass is 170 g/mol. The van der Waals surface area contributed by atoms with Crippen LogP contribution in [0.4, 0.5) is 0 Å². The summed E-state index contributed by atoms with van der Waals surface area (Å²) in [6.07, 6.45) is 1.06. The molecule has 0 bridgehead atoms. The normalized spacial score (nSPS) is 12.8. The number of ether oxygens (including phenoxy) is 1. The van der Waals surface area contributed by atoms with Crippen LogP contribution in [0.15, 0.2) is 6.20 Å². The van der Waals surface area contributed by atoms with E-state index in [0.717, 1.165) is 0 Å². The molecular weight excluding hydrogens is 160 g/mol. The summed E-state index contributed by atoms with van der Waals surface area (Å²) in [4.78, 5) is 16.9. The molecule has 0 radical (unpaired) electrons. The molecule has 0 amide bonds. The third-order valence-electron chi connectivity index (χ3n) is 1.56. The third-order valence-corrected chi connectivity index (χ3v) is 1.56. The van der Waals surface area contributed by atoms with Crippen LogP contribution in [0.2, 0.25) is 0 Å². The molecule has 1 unspecified atom stereocenters. The van der Waals surface area contributed by atoms with Crippen molar-refractivity contribution in [3.63, 3.8) is 0 Å². The number of aromatic amines is 1. The average molecular weight is 170 g/mol. The molecule has 5 heteroatoms. The Morgan fingerprint density at radius 3 is 2.92 bits per heavy atom. The van der Waals surface area contributed by atoms with Crippen molar-refractivity contribution in [1.29, 1.82) is 0 Å². The highest BCUT2D eigenvalue weighted by Gasteiger charge is 2.11. The highest BCUT2D eigenvalue weighted by Crippen LogP contribution is 2.10.